The van der Waals surface area contributed by atoms with Crippen LogP contribution in [0.15, 0.2) is 24.3 Å². The first-order valence-electron chi connectivity index (χ1n) is 7.80. The van der Waals surface area contributed by atoms with Crippen LogP contribution in [0.4, 0.5) is 5.69 Å². The maximum absolute atomic E-state index is 10.8. The minimum Gasteiger partial charge on any atom is -0.349 e. The summed E-state index contributed by atoms with van der Waals surface area (Å²) in [5, 5.41) is 14.3. The predicted molar refractivity (Wildman–Crippen MR) is 81.5 cm³/mol. The zero-order chi connectivity index (χ0) is 15.7. The van der Waals surface area contributed by atoms with Crippen molar-refractivity contribution in [1.29, 1.82) is 0 Å². The molecule has 2 heterocycles. The Kier molecular flexibility index (Phi) is 4.16. The standard InChI is InChI=1S/C16H22N2O4/c1-11-12(2)17-15(10-16(11)21-8-3-9-22-16)13-4-6-14(7-5-13)18(19)20/h4-7,11-12,15,17H,3,8-10H2,1-2H3/t11?,12-,15-/m0/s1. The van der Waals surface area contributed by atoms with Crippen LogP contribution >= 0.6 is 0 Å². The van der Waals surface area contributed by atoms with E-state index in [0.29, 0.717) is 0 Å². The topological polar surface area (TPSA) is 73.6 Å². The Hall–Kier alpha value is -1.50. The van der Waals surface area contributed by atoms with E-state index < -0.39 is 5.79 Å². The molecule has 3 atom stereocenters. The summed E-state index contributed by atoms with van der Waals surface area (Å²) in [6.07, 6.45) is 1.65. The molecule has 22 heavy (non-hydrogen) atoms. The van der Waals surface area contributed by atoms with Crippen molar-refractivity contribution in [3.8, 4) is 0 Å². The second kappa shape index (κ2) is 5.95. The van der Waals surface area contributed by atoms with Crippen molar-refractivity contribution >= 4 is 5.69 Å². The molecule has 120 valence electrons. The summed E-state index contributed by atoms with van der Waals surface area (Å²) in [7, 11) is 0. The molecule has 6 nitrogen and oxygen atoms in total. The highest BCUT2D eigenvalue weighted by Gasteiger charge is 2.48. The maximum atomic E-state index is 10.8. The van der Waals surface area contributed by atoms with Gasteiger partial charge in [0.25, 0.3) is 5.69 Å². The number of rotatable bonds is 2. The Bertz CT molecular complexity index is 540. The highest BCUT2D eigenvalue weighted by molar-refractivity contribution is 5.34. The van der Waals surface area contributed by atoms with Crippen molar-refractivity contribution in [3.05, 3.63) is 39.9 Å². The van der Waals surface area contributed by atoms with Gasteiger partial charge in [-0.15, -0.1) is 0 Å². The molecule has 0 bridgehead atoms. The van der Waals surface area contributed by atoms with Gasteiger partial charge in [0.15, 0.2) is 5.79 Å². The van der Waals surface area contributed by atoms with Gasteiger partial charge in [-0.1, -0.05) is 19.1 Å². The van der Waals surface area contributed by atoms with E-state index in [4.69, 9.17) is 9.47 Å². The van der Waals surface area contributed by atoms with Gasteiger partial charge >= 0.3 is 0 Å². The molecule has 3 rings (SSSR count). The second-order valence-corrected chi connectivity index (χ2v) is 6.21. The minimum absolute atomic E-state index is 0.0742. The third-order valence-electron chi connectivity index (χ3n) is 4.88. The molecule has 1 N–H and O–H groups in total. The Morgan fingerprint density at radius 3 is 2.45 bits per heavy atom. The predicted octanol–water partition coefficient (Wildman–Crippen LogP) is 2.79. The summed E-state index contributed by atoms with van der Waals surface area (Å²) >= 11 is 0. The number of benzene rings is 1. The molecule has 1 aromatic rings. The van der Waals surface area contributed by atoms with Crippen LogP contribution in [-0.4, -0.2) is 30.0 Å². The number of ether oxygens (including phenoxy) is 2. The van der Waals surface area contributed by atoms with Crippen molar-refractivity contribution in [2.75, 3.05) is 13.2 Å². The Labute approximate surface area is 129 Å². The number of nitrogens with one attached hydrogen (secondary N) is 1. The lowest BCUT2D eigenvalue weighted by atomic mass is 9.81. The molecule has 0 saturated carbocycles. The van der Waals surface area contributed by atoms with Gasteiger partial charge in [0.05, 0.1) is 18.1 Å². The number of hydrogen-bond acceptors (Lipinski definition) is 5. The van der Waals surface area contributed by atoms with Gasteiger partial charge in [-0.3, -0.25) is 10.1 Å². The molecule has 1 unspecified atom stereocenters. The molecule has 0 aliphatic carbocycles. The molecular formula is C16H22N2O4. The van der Waals surface area contributed by atoms with Crippen LogP contribution in [0.25, 0.3) is 0 Å². The molecule has 0 amide bonds. The van der Waals surface area contributed by atoms with Crippen LogP contribution in [-0.2, 0) is 9.47 Å². The van der Waals surface area contributed by atoms with Crippen LogP contribution in [0.3, 0.4) is 0 Å². The van der Waals surface area contributed by atoms with Crippen molar-refractivity contribution < 1.29 is 14.4 Å². The van der Waals surface area contributed by atoms with E-state index in [1.807, 2.05) is 12.1 Å². The fourth-order valence-electron chi connectivity index (χ4n) is 3.39. The van der Waals surface area contributed by atoms with Crippen molar-refractivity contribution in [2.45, 2.75) is 44.6 Å². The van der Waals surface area contributed by atoms with Crippen LogP contribution < -0.4 is 5.32 Å². The van der Waals surface area contributed by atoms with Crippen LogP contribution in [0.5, 0.6) is 0 Å². The third-order valence-corrected chi connectivity index (χ3v) is 4.88. The van der Waals surface area contributed by atoms with Gasteiger partial charge in [-0.25, -0.2) is 0 Å². The SMILES string of the molecule is CC1[C@H](C)N[C@H](c2ccc([N+](=O)[O-])cc2)CC12OCCCO2. The Morgan fingerprint density at radius 2 is 1.86 bits per heavy atom. The lowest BCUT2D eigenvalue weighted by molar-refractivity contribution is -0.384. The summed E-state index contributed by atoms with van der Waals surface area (Å²) in [5.74, 6) is -0.294. The second-order valence-electron chi connectivity index (χ2n) is 6.21. The Balaban J connectivity index is 1.83. The number of non-ortho nitro benzene ring substituents is 1. The van der Waals surface area contributed by atoms with E-state index >= 15 is 0 Å². The number of hydrogen-bond donors (Lipinski definition) is 1. The molecule has 0 aromatic heterocycles. The fourth-order valence-corrected chi connectivity index (χ4v) is 3.39. The summed E-state index contributed by atoms with van der Waals surface area (Å²) in [5.41, 5.74) is 1.14. The van der Waals surface area contributed by atoms with E-state index in [1.165, 1.54) is 0 Å². The molecule has 6 heteroatoms. The average molecular weight is 306 g/mol. The van der Waals surface area contributed by atoms with E-state index in [1.54, 1.807) is 12.1 Å². The molecule has 1 spiro atoms. The van der Waals surface area contributed by atoms with Crippen LogP contribution in [0, 0.1) is 16.0 Å². The van der Waals surface area contributed by atoms with Gasteiger partial charge in [0, 0.05) is 36.6 Å². The molecule has 1 aromatic carbocycles. The summed E-state index contributed by atoms with van der Waals surface area (Å²) < 4.78 is 12.1. The number of nitrogens with zero attached hydrogens (tertiary/aromatic N) is 1. The number of piperidine rings is 1. The van der Waals surface area contributed by atoms with Crippen molar-refractivity contribution in [3.63, 3.8) is 0 Å². The summed E-state index contributed by atoms with van der Waals surface area (Å²) in [4.78, 5) is 10.4. The maximum Gasteiger partial charge on any atom is 0.269 e. The van der Waals surface area contributed by atoms with Gasteiger partial charge in [0.1, 0.15) is 0 Å². The largest absolute Gasteiger partial charge is 0.349 e. The monoisotopic (exact) mass is 306 g/mol. The molecule has 2 aliphatic heterocycles. The quantitative estimate of drug-likeness (QED) is 0.672. The first kappa shape index (κ1) is 15.4. The first-order valence-corrected chi connectivity index (χ1v) is 7.80. The lowest BCUT2D eigenvalue weighted by Crippen LogP contribution is -2.59. The van der Waals surface area contributed by atoms with Gasteiger partial charge < -0.3 is 14.8 Å². The normalized spacial score (nSPS) is 31.1. The fraction of sp³-hybridized carbons (Fsp3) is 0.625. The molecule has 2 fully saturated rings. The average Bonchev–Trinajstić information content (AvgIpc) is 2.53. The van der Waals surface area contributed by atoms with Gasteiger partial charge in [-0.2, -0.15) is 0 Å². The molecule has 2 saturated heterocycles. The van der Waals surface area contributed by atoms with Crippen molar-refractivity contribution in [2.24, 2.45) is 5.92 Å². The molecular weight excluding hydrogens is 284 g/mol. The van der Waals surface area contributed by atoms with Gasteiger partial charge in [0.2, 0.25) is 0 Å². The summed E-state index contributed by atoms with van der Waals surface area (Å²) in [6, 6.07) is 7.05. The van der Waals surface area contributed by atoms with E-state index in [0.717, 1.165) is 31.6 Å². The first-order chi connectivity index (χ1) is 10.5. The van der Waals surface area contributed by atoms with Crippen LogP contribution in [0.1, 0.15) is 38.3 Å². The Morgan fingerprint density at radius 1 is 1.23 bits per heavy atom. The van der Waals surface area contributed by atoms with E-state index in [2.05, 4.69) is 19.2 Å². The molecule has 0 radical (unpaired) electrons. The number of nitro groups is 1. The highest BCUT2D eigenvalue weighted by Crippen LogP contribution is 2.42. The number of nitro benzene ring substituents is 1. The molecule has 2 aliphatic rings. The zero-order valence-electron chi connectivity index (χ0n) is 13.0. The highest BCUT2D eigenvalue weighted by atomic mass is 16.7. The van der Waals surface area contributed by atoms with E-state index in [-0.39, 0.29) is 28.6 Å². The minimum atomic E-state index is -0.546. The van der Waals surface area contributed by atoms with Gasteiger partial charge in [-0.05, 0) is 18.9 Å². The lowest BCUT2D eigenvalue weighted by Gasteiger charge is -2.50. The smallest absolute Gasteiger partial charge is 0.269 e. The zero-order valence-corrected chi connectivity index (χ0v) is 13.0. The van der Waals surface area contributed by atoms with Crippen LogP contribution in [0.2, 0.25) is 0 Å². The summed E-state index contributed by atoms with van der Waals surface area (Å²) in [6.45, 7) is 5.73. The third kappa shape index (κ3) is 2.74. The van der Waals surface area contributed by atoms with Crippen molar-refractivity contribution in [1.82, 2.24) is 5.32 Å². The van der Waals surface area contributed by atoms with E-state index in [9.17, 15) is 10.1 Å².